The molecular formula is C15H19F2NO2. The van der Waals surface area contributed by atoms with E-state index in [0.29, 0.717) is 18.0 Å². The van der Waals surface area contributed by atoms with E-state index in [4.69, 9.17) is 4.74 Å². The van der Waals surface area contributed by atoms with Crippen LogP contribution in [0.15, 0.2) is 18.2 Å². The molecule has 0 bridgehead atoms. The number of nitrogens with one attached hydrogen (secondary N) is 1. The fraction of sp³-hybridized carbons (Fsp3) is 0.533. The molecule has 0 spiro atoms. The van der Waals surface area contributed by atoms with Crippen LogP contribution in [0.3, 0.4) is 0 Å². The summed E-state index contributed by atoms with van der Waals surface area (Å²) in [5, 5.41) is 2.82. The van der Waals surface area contributed by atoms with Gasteiger partial charge in [0.15, 0.2) is 0 Å². The second-order valence-corrected chi connectivity index (χ2v) is 5.10. The molecule has 1 N–H and O–H groups in total. The number of hydrogen-bond donors (Lipinski definition) is 1. The quantitative estimate of drug-likeness (QED) is 0.871. The molecule has 0 radical (unpaired) electrons. The lowest BCUT2D eigenvalue weighted by molar-refractivity contribution is -0.121. The van der Waals surface area contributed by atoms with Crippen molar-refractivity contribution in [1.82, 2.24) is 5.32 Å². The second-order valence-electron chi connectivity index (χ2n) is 5.10. The molecule has 1 aliphatic rings. The summed E-state index contributed by atoms with van der Waals surface area (Å²) in [6.07, 6.45) is 2.46. The zero-order valence-electron chi connectivity index (χ0n) is 11.3. The standard InChI is InChI=1S/C15H19F2NO2/c16-13-3-1-12(14(17)9-13)2-4-15(19)18-7-5-11-6-8-20-10-11/h1,3,9,11H,2,4-8,10H2,(H,18,19)/t11-/m0/s1. The Kier molecular flexibility index (Phi) is 5.47. The highest BCUT2D eigenvalue weighted by atomic mass is 19.1. The molecule has 1 fully saturated rings. The van der Waals surface area contributed by atoms with Gasteiger partial charge >= 0.3 is 0 Å². The lowest BCUT2D eigenvalue weighted by atomic mass is 10.1. The number of rotatable bonds is 6. The van der Waals surface area contributed by atoms with Crippen molar-refractivity contribution in [2.75, 3.05) is 19.8 Å². The van der Waals surface area contributed by atoms with Gasteiger partial charge in [-0.15, -0.1) is 0 Å². The first-order chi connectivity index (χ1) is 9.65. The van der Waals surface area contributed by atoms with Crippen LogP contribution in [0.1, 0.15) is 24.8 Å². The molecule has 1 amide bonds. The molecule has 5 heteroatoms. The van der Waals surface area contributed by atoms with Gasteiger partial charge in [0.25, 0.3) is 0 Å². The summed E-state index contributed by atoms with van der Waals surface area (Å²) >= 11 is 0. The van der Waals surface area contributed by atoms with E-state index in [1.807, 2.05) is 0 Å². The number of benzene rings is 1. The Morgan fingerprint density at radius 1 is 1.40 bits per heavy atom. The Hall–Kier alpha value is -1.49. The van der Waals surface area contributed by atoms with Crippen LogP contribution in [0.4, 0.5) is 8.78 Å². The maximum atomic E-state index is 13.4. The SMILES string of the molecule is O=C(CCc1ccc(F)cc1F)NCC[C@H]1CCOC1. The largest absolute Gasteiger partial charge is 0.381 e. The lowest BCUT2D eigenvalue weighted by Gasteiger charge is -2.09. The van der Waals surface area contributed by atoms with Crippen LogP contribution in [0.5, 0.6) is 0 Å². The van der Waals surface area contributed by atoms with Gasteiger partial charge in [-0.25, -0.2) is 8.78 Å². The van der Waals surface area contributed by atoms with Crippen LogP contribution < -0.4 is 5.32 Å². The van der Waals surface area contributed by atoms with Gasteiger partial charge in [-0.3, -0.25) is 4.79 Å². The number of ether oxygens (including phenoxy) is 1. The van der Waals surface area contributed by atoms with Gasteiger partial charge in [-0.2, -0.15) is 0 Å². The smallest absolute Gasteiger partial charge is 0.220 e. The minimum atomic E-state index is -0.602. The number of halogens is 2. The van der Waals surface area contributed by atoms with E-state index in [-0.39, 0.29) is 18.7 Å². The molecule has 110 valence electrons. The van der Waals surface area contributed by atoms with E-state index in [2.05, 4.69) is 5.32 Å². The van der Waals surface area contributed by atoms with Gasteiger partial charge in [0.1, 0.15) is 11.6 Å². The fourth-order valence-electron chi connectivity index (χ4n) is 2.29. The molecule has 0 unspecified atom stereocenters. The van der Waals surface area contributed by atoms with Crippen molar-refractivity contribution in [1.29, 1.82) is 0 Å². The first kappa shape index (κ1) is 14.9. The Bertz CT molecular complexity index is 459. The summed E-state index contributed by atoms with van der Waals surface area (Å²) in [5.74, 6) is -0.770. The predicted molar refractivity (Wildman–Crippen MR) is 71.2 cm³/mol. The van der Waals surface area contributed by atoms with E-state index in [1.165, 1.54) is 12.1 Å². The zero-order valence-corrected chi connectivity index (χ0v) is 11.3. The van der Waals surface area contributed by atoms with Crippen LogP contribution in [0, 0.1) is 17.6 Å². The maximum Gasteiger partial charge on any atom is 0.220 e. The summed E-state index contributed by atoms with van der Waals surface area (Å²) in [4.78, 5) is 11.6. The highest BCUT2D eigenvalue weighted by Gasteiger charge is 2.15. The van der Waals surface area contributed by atoms with E-state index < -0.39 is 11.6 Å². The van der Waals surface area contributed by atoms with Crippen molar-refractivity contribution in [3.05, 3.63) is 35.4 Å². The number of amides is 1. The maximum absolute atomic E-state index is 13.4. The molecule has 1 atom stereocenters. The molecule has 20 heavy (non-hydrogen) atoms. The minimum absolute atomic E-state index is 0.104. The third kappa shape index (κ3) is 4.56. The lowest BCUT2D eigenvalue weighted by Crippen LogP contribution is -2.26. The number of hydrogen-bond acceptors (Lipinski definition) is 2. The van der Waals surface area contributed by atoms with Gasteiger partial charge < -0.3 is 10.1 Å². The van der Waals surface area contributed by atoms with Crippen LogP contribution in [-0.2, 0) is 16.0 Å². The number of carbonyl (C=O) groups excluding carboxylic acids is 1. The average Bonchev–Trinajstić information content (AvgIpc) is 2.91. The average molecular weight is 283 g/mol. The summed E-state index contributed by atoms with van der Waals surface area (Å²) in [6.45, 7) is 2.21. The van der Waals surface area contributed by atoms with Gasteiger partial charge in [0.2, 0.25) is 5.91 Å². The Balaban J connectivity index is 1.66. The Morgan fingerprint density at radius 2 is 2.25 bits per heavy atom. The van der Waals surface area contributed by atoms with Crippen LogP contribution in [0.2, 0.25) is 0 Å². The summed E-state index contributed by atoms with van der Waals surface area (Å²) in [7, 11) is 0. The molecule has 0 aliphatic carbocycles. The summed E-state index contributed by atoms with van der Waals surface area (Å²) < 4.78 is 31.4. The van der Waals surface area contributed by atoms with Crippen molar-refractivity contribution in [2.24, 2.45) is 5.92 Å². The normalized spacial score (nSPS) is 18.2. The van der Waals surface area contributed by atoms with Crippen LogP contribution in [0.25, 0.3) is 0 Å². The Labute approximate surface area is 117 Å². The van der Waals surface area contributed by atoms with E-state index in [9.17, 15) is 13.6 Å². The topological polar surface area (TPSA) is 38.3 Å². The van der Waals surface area contributed by atoms with Crippen molar-refractivity contribution >= 4 is 5.91 Å². The third-order valence-corrected chi connectivity index (χ3v) is 3.54. The molecule has 1 saturated heterocycles. The Morgan fingerprint density at radius 3 is 2.95 bits per heavy atom. The van der Waals surface area contributed by atoms with Gasteiger partial charge in [0, 0.05) is 32.2 Å². The van der Waals surface area contributed by atoms with Crippen molar-refractivity contribution in [2.45, 2.75) is 25.7 Å². The molecule has 1 aliphatic heterocycles. The monoisotopic (exact) mass is 283 g/mol. The van der Waals surface area contributed by atoms with Crippen LogP contribution >= 0.6 is 0 Å². The number of aryl methyl sites for hydroxylation is 1. The predicted octanol–water partition coefficient (Wildman–Crippen LogP) is 2.44. The van der Waals surface area contributed by atoms with Crippen molar-refractivity contribution in [3.8, 4) is 0 Å². The minimum Gasteiger partial charge on any atom is -0.381 e. The highest BCUT2D eigenvalue weighted by molar-refractivity contribution is 5.76. The molecule has 0 saturated carbocycles. The van der Waals surface area contributed by atoms with E-state index in [1.54, 1.807) is 0 Å². The first-order valence-corrected chi connectivity index (χ1v) is 6.93. The molecule has 0 aromatic heterocycles. The first-order valence-electron chi connectivity index (χ1n) is 6.93. The van der Waals surface area contributed by atoms with E-state index in [0.717, 1.165) is 32.1 Å². The third-order valence-electron chi connectivity index (χ3n) is 3.54. The molecular weight excluding hydrogens is 264 g/mol. The summed E-state index contributed by atoms with van der Waals surface area (Å²) in [6, 6.07) is 3.43. The summed E-state index contributed by atoms with van der Waals surface area (Å²) in [5.41, 5.74) is 0.366. The second kappa shape index (κ2) is 7.33. The highest BCUT2D eigenvalue weighted by Crippen LogP contribution is 2.15. The molecule has 1 aromatic carbocycles. The fourth-order valence-corrected chi connectivity index (χ4v) is 2.29. The van der Waals surface area contributed by atoms with Gasteiger partial charge in [-0.05, 0) is 36.8 Å². The van der Waals surface area contributed by atoms with Crippen molar-refractivity contribution < 1.29 is 18.3 Å². The number of carbonyl (C=O) groups is 1. The van der Waals surface area contributed by atoms with Gasteiger partial charge in [-0.1, -0.05) is 6.07 Å². The van der Waals surface area contributed by atoms with Crippen LogP contribution in [-0.4, -0.2) is 25.7 Å². The molecule has 1 heterocycles. The van der Waals surface area contributed by atoms with Crippen molar-refractivity contribution in [3.63, 3.8) is 0 Å². The zero-order chi connectivity index (χ0) is 14.4. The molecule has 3 nitrogen and oxygen atoms in total. The van der Waals surface area contributed by atoms with Gasteiger partial charge in [0.05, 0.1) is 0 Å². The molecule has 2 rings (SSSR count). The van der Waals surface area contributed by atoms with E-state index >= 15 is 0 Å². The molecule has 1 aromatic rings.